The van der Waals surface area contributed by atoms with Crippen LogP contribution in [0.25, 0.3) is 10.9 Å². The van der Waals surface area contributed by atoms with E-state index in [0.717, 1.165) is 5.56 Å². The Labute approximate surface area is 213 Å². The van der Waals surface area contributed by atoms with E-state index in [1.807, 2.05) is 37.3 Å². The predicted molar refractivity (Wildman–Crippen MR) is 136 cm³/mol. The number of esters is 1. The molecule has 0 spiro atoms. The molecule has 4 aromatic rings. The Morgan fingerprint density at radius 2 is 1.92 bits per heavy atom. The van der Waals surface area contributed by atoms with Gasteiger partial charge in [-0.1, -0.05) is 48.0 Å². The smallest absolute Gasteiger partial charge is 0.338 e. The van der Waals surface area contributed by atoms with E-state index in [1.165, 1.54) is 6.07 Å². The SMILES string of the molecule is CC1(Cc2ccccc2)CCCOCc2ccc(Cl)c(F)c2Oc2ccnc3ccc(cc23)C(=O)O1. The average molecular weight is 506 g/mol. The molecule has 2 heterocycles. The van der Waals surface area contributed by atoms with Crippen molar-refractivity contribution in [1.29, 1.82) is 0 Å². The van der Waals surface area contributed by atoms with Crippen LogP contribution in [0.5, 0.6) is 11.5 Å². The highest BCUT2D eigenvalue weighted by molar-refractivity contribution is 6.30. The van der Waals surface area contributed by atoms with Gasteiger partial charge in [0.05, 0.1) is 22.7 Å². The number of hydrogen-bond acceptors (Lipinski definition) is 5. The number of hydrogen-bond donors (Lipinski definition) is 0. The van der Waals surface area contributed by atoms with E-state index in [4.69, 9.17) is 25.8 Å². The second kappa shape index (κ2) is 10.2. The fourth-order valence-corrected chi connectivity index (χ4v) is 4.61. The van der Waals surface area contributed by atoms with Gasteiger partial charge in [-0.25, -0.2) is 9.18 Å². The minimum absolute atomic E-state index is 0.00762. The van der Waals surface area contributed by atoms with Gasteiger partial charge in [0.15, 0.2) is 11.6 Å². The number of rotatable bonds is 2. The molecule has 0 aliphatic carbocycles. The quantitative estimate of drug-likeness (QED) is 0.268. The fourth-order valence-electron chi connectivity index (χ4n) is 4.46. The summed E-state index contributed by atoms with van der Waals surface area (Å²) in [6, 6.07) is 19.8. The molecule has 3 aromatic carbocycles. The first-order valence-corrected chi connectivity index (χ1v) is 12.2. The average Bonchev–Trinajstić information content (AvgIpc) is 2.88. The zero-order valence-electron chi connectivity index (χ0n) is 19.8. The molecule has 0 fully saturated rings. The van der Waals surface area contributed by atoms with Crippen molar-refractivity contribution in [2.24, 2.45) is 0 Å². The number of carbonyl (C=O) groups excluding carboxylic acids is 1. The number of nitrogens with zero attached hydrogens (tertiary/aromatic N) is 1. The Hall–Kier alpha value is -3.48. The molecule has 5 rings (SSSR count). The van der Waals surface area contributed by atoms with Gasteiger partial charge in [-0.05, 0) is 55.7 Å². The molecule has 0 saturated heterocycles. The predicted octanol–water partition coefficient (Wildman–Crippen LogP) is 7.29. The van der Waals surface area contributed by atoms with Gasteiger partial charge in [0, 0.05) is 30.2 Å². The topological polar surface area (TPSA) is 57.7 Å². The van der Waals surface area contributed by atoms with E-state index < -0.39 is 17.4 Å². The third kappa shape index (κ3) is 5.20. The van der Waals surface area contributed by atoms with E-state index in [1.54, 1.807) is 36.5 Å². The number of carbonyl (C=O) groups is 1. The summed E-state index contributed by atoms with van der Waals surface area (Å²) < 4.78 is 33.1. The molecule has 2 bridgehead atoms. The molecule has 0 amide bonds. The fraction of sp³-hybridized carbons (Fsp3) is 0.241. The van der Waals surface area contributed by atoms with Crippen molar-refractivity contribution in [1.82, 2.24) is 4.98 Å². The molecule has 0 radical (unpaired) electrons. The van der Waals surface area contributed by atoms with Crippen LogP contribution in [0.1, 0.15) is 41.3 Å². The molecule has 36 heavy (non-hydrogen) atoms. The van der Waals surface area contributed by atoms with Gasteiger partial charge in [0.1, 0.15) is 11.4 Å². The van der Waals surface area contributed by atoms with E-state index in [0.29, 0.717) is 53.6 Å². The standard InChI is InChI=1S/C29H25ClFNO4/c1-29(17-19-6-3-2-4-7-19)13-5-15-34-18-21-8-10-23(30)26(31)27(21)35-25-12-14-32-24-11-9-20(16-22(24)25)28(33)36-29/h2-4,6-12,14,16H,5,13,15,17-18H2,1H3. The van der Waals surface area contributed by atoms with Crippen LogP contribution in [0.4, 0.5) is 4.39 Å². The summed E-state index contributed by atoms with van der Waals surface area (Å²) in [4.78, 5) is 17.7. The third-order valence-electron chi connectivity index (χ3n) is 6.29. The van der Waals surface area contributed by atoms with Crippen LogP contribution in [0, 0.1) is 5.82 Å². The van der Waals surface area contributed by atoms with Crippen LogP contribution in [0.15, 0.2) is 72.9 Å². The van der Waals surface area contributed by atoms with Crippen LogP contribution in [-0.2, 0) is 22.5 Å². The van der Waals surface area contributed by atoms with Gasteiger partial charge in [-0.2, -0.15) is 0 Å². The Morgan fingerprint density at radius 3 is 2.75 bits per heavy atom. The number of cyclic esters (lactones) is 1. The molecular weight excluding hydrogens is 481 g/mol. The second-order valence-electron chi connectivity index (χ2n) is 9.15. The molecule has 0 N–H and O–H groups in total. The van der Waals surface area contributed by atoms with Crippen molar-refractivity contribution >= 4 is 28.5 Å². The molecule has 1 atom stereocenters. The highest BCUT2D eigenvalue weighted by Crippen LogP contribution is 2.37. The molecule has 1 aliphatic heterocycles. The normalized spacial score (nSPS) is 18.6. The number of halogens is 2. The largest absolute Gasteiger partial charge is 0.455 e. The monoisotopic (exact) mass is 505 g/mol. The Morgan fingerprint density at radius 1 is 1.08 bits per heavy atom. The lowest BCUT2D eigenvalue weighted by molar-refractivity contribution is -0.0182. The maximum atomic E-state index is 15.0. The van der Waals surface area contributed by atoms with Crippen molar-refractivity contribution in [3.05, 3.63) is 100 Å². The lowest BCUT2D eigenvalue weighted by Gasteiger charge is -2.30. The Balaban J connectivity index is 1.57. The summed E-state index contributed by atoms with van der Waals surface area (Å²) in [5.74, 6) is -0.778. The van der Waals surface area contributed by atoms with Gasteiger partial charge in [0.2, 0.25) is 0 Å². The van der Waals surface area contributed by atoms with Gasteiger partial charge in [-0.3, -0.25) is 4.98 Å². The van der Waals surface area contributed by atoms with Crippen molar-refractivity contribution in [2.45, 2.75) is 38.4 Å². The van der Waals surface area contributed by atoms with Crippen LogP contribution in [0.3, 0.4) is 0 Å². The molecule has 184 valence electrons. The van der Waals surface area contributed by atoms with Crippen molar-refractivity contribution in [3.8, 4) is 11.5 Å². The van der Waals surface area contributed by atoms with Crippen molar-refractivity contribution in [2.75, 3.05) is 6.61 Å². The summed E-state index contributed by atoms with van der Waals surface area (Å²) in [6.07, 6.45) is 3.37. The highest BCUT2D eigenvalue weighted by atomic mass is 35.5. The molecule has 7 heteroatoms. The summed E-state index contributed by atoms with van der Waals surface area (Å²) in [5.41, 5.74) is 1.82. The molecular formula is C29H25ClFNO4. The summed E-state index contributed by atoms with van der Waals surface area (Å²) in [5, 5.41) is 0.504. The summed E-state index contributed by atoms with van der Waals surface area (Å²) in [6.45, 7) is 2.49. The van der Waals surface area contributed by atoms with Gasteiger partial charge >= 0.3 is 5.97 Å². The number of fused-ring (bicyclic) bond motifs is 2. The zero-order chi connectivity index (χ0) is 25.1. The number of aromatic nitrogens is 1. The van der Waals surface area contributed by atoms with E-state index in [9.17, 15) is 4.79 Å². The maximum Gasteiger partial charge on any atom is 0.338 e. The van der Waals surface area contributed by atoms with Crippen LogP contribution >= 0.6 is 11.6 Å². The zero-order valence-corrected chi connectivity index (χ0v) is 20.6. The van der Waals surface area contributed by atoms with Crippen LogP contribution in [0.2, 0.25) is 5.02 Å². The van der Waals surface area contributed by atoms with Crippen molar-refractivity contribution in [3.63, 3.8) is 0 Å². The van der Waals surface area contributed by atoms with Gasteiger partial charge < -0.3 is 14.2 Å². The lowest BCUT2D eigenvalue weighted by atomic mass is 9.91. The number of benzene rings is 3. The van der Waals surface area contributed by atoms with Gasteiger partial charge in [0.25, 0.3) is 0 Å². The first kappa shape index (κ1) is 24.2. The Kier molecular flexibility index (Phi) is 6.90. The number of pyridine rings is 1. The maximum absolute atomic E-state index is 15.0. The van der Waals surface area contributed by atoms with E-state index >= 15 is 4.39 Å². The third-order valence-corrected chi connectivity index (χ3v) is 6.58. The summed E-state index contributed by atoms with van der Waals surface area (Å²) >= 11 is 6.06. The molecule has 0 saturated carbocycles. The lowest BCUT2D eigenvalue weighted by Crippen LogP contribution is -2.34. The van der Waals surface area contributed by atoms with Crippen LogP contribution < -0.4 is 4.74 Å². The summed E-state index contributed by atoms with van der Waals surface area (Å²) in [7, 11) is 0. The van der Waals surface area contributed by atoms with Crippen molar-refractivity contribution < 1.29 is 23.4 Å². The first-order chi connectivity index (χ1) is 17.4. The second-order valence-corrected chi connectivity index (χ2v) is 9.56. The van der Waals surface area contributed by atoms with E-state index in [2.05, 4.69) is 4.98 Å². The van der Waals surface area contributed by atoms with E-state index in [-0.39, 0.29) is 17.4 Å². The molecule has 1 unspecified atom stereocenters. The van der Waals surface area contributed by atoms with Gasteiger partial charge in [-0.15, -0.1) is 0 Å². The van der Waals surface area contributed by atoms with Crippen LogP contribution in [-0.4, -0.2) is 23.2 Å². The molecule has 1 aromatic heterocycles. The highest BCUT2D eigenvalue weighted by Gasteiger charge is 2.30. The number of ether oxygens (including phenoxy) is 3. The molecule has 1 aliphatic rings. The minimum Gasteiger partial charge on any atom is -0.455 e. The first-order valence-electron chi connectivity index (χ1n) is 11.8. The minimum atomic E-state index is -0.747. The molecule has 5 nitrogen and oxygen atoms in total. The Bertz CT molecular complexity index is 1410.